The van der Waals surface area contributed by atoms with Gasteiger partial charge in [-0.2, -0.15) is 18.3 Å². The molecule has 34 heavy (non-hydrogen) atoms. The fourth-order valence-electron chi connectivity index (χ4n) is 3.12. The molecule has 0 aromatic heterocycles. The van der Waals surface area contributed by atoms with Crippen LogP contribution in [-0.4, -0.2) is 47.2 Å². The average molecular weight is 472 g/mol. The summed E-state index contributed by atoms with van der Waals surface area (Å²) in [7, 11) is 0. The molecule has 2 aliphatic rings. The van der Waals surface area contributed by atoms with E-state index in [4.69, 9.17) is 0 Å². The maximum atomic E-state index is 13.2. The second kappa shape index (κ2) is 11.0. The van der Waals surface area contributed by atoms with Crippen molar-refractivity contribution in [1.82, 2.24) is 5.01 Å². The summed E-state index contributed by atoms with van der Waals surface area (Å²) in [4.78, 5) is 13.2. The lowest BCUT2D eigenvalue weighted by Crippen LogP contribution is -2.28. The van der Waals surface area contributed by atoms with Crippen LogP contribution in [0.25, 0.3) is 0 Å². The highest BCUT2D eigenvalue weighted by atomic mass is 19.4. The molecule has 0 aliphatic carbocycles. The lowest BCUT2D eigenvalue weighted by Gasteiger charge is -2.23. The highest BCUT2D eigenvalue weighted by Crippen LogP contribution is 2.22. The lowest BCUT2D eigenvalue weighted by atomic mass is 10.1. The number of benzene rings is 1. The first-order valence-electron chi connectivity index (χ1n) is 10.7. The van der Waals surface area contributed by atoms with E-state index in [2.05, 4.69) is 26.7 Å². The van der Waals surface area contributed by atoms with E-state index in [0.29, 0.717) is 41.6 Å². The topological polar surface area (TPSA) is 52.7 Å². The molecule has 0 spiro atoms. The largest absolute Gasteiger partial charge is 0.389 e. The van der Waals surface area contributed by atoms with Crippen LogP contribution in [0.3, 0.4) is 0 Å². The average Bonchev–Trinajstić information content (AvgIpc) is 3.25. The van der Waals surface area contributed by atoms with Gasteiger partial charge < -0.3 is 0 Å². The normalized spacial score (nSPS) is 17.4. The van der Waals surface area contributed by atoms with E-state index < -0.39 is 12.6 Å². The molecule has 2 aliphatic heterocycles. The molecule has 0 radical (unpaired) electrons. The van der Waals surface area contributed by atoms with E-state index in [-0.39, 0.29) is 12.2 Å². The molecule has 0 saturated heterocycles. The van der Waals surface area contributed by atoms with E-state index >= 15 is 0 Å². The van der Waals surface area contributed by atoms with Crippen LogP contribution in [0.2, 0.25) is 0 Å². The van der Waals surface area contributed by atoms with Gasteiger partial charge in [-0.25, -0.2) is 9.38 Å². The van der Waals surface area contributed by atoms with Gasteiger partial charge >= 0.3 is 6.18 Å². The Kier molecular flexibility index (Phi) is 8.09. The van der Waals surface area contributed by atoms with Crippen LogP contribution < -0.4 is 0 Å². The van der Waals surface area contributed by atoms with Crippen molar-refractivity contribution in [2.24, 2.45) is 20.1 Å². The van der Waals surface area contributed by atoms with Gasteiger partial charge in [0.15, 0.2) is 5.84 Å². The lowest BCUT2D eigenvalue weighted by molar-refractivity contribution is -0.132. The maximum absolute atomic E-state index is 13.2. The predicted molar refractivity (Wildman–Crippen MR) is 129 cm³/mol. The predicted octanol–water partition coefficient (Wildman–Crippen LogP) is 6.03. The zero-order valence-electron chi connectivity index (χ0n) is 19.0. The van der Waals surface area contributed by atoms with Gasteiger partial charge in [-0.1, -0.05) is 18.7 Å². The Morgan fingerprint density at radius 2 is 1.94 bits per heavy atom. The summed E-state index contributed by atoms with van der Waals surface area (Å²) in [6.45, 7) is 8.17. The molecule has 0 unspecified atom stereocenters. The molecule has 178 valence electrons. The van der Waals surface area contributed by atoms with Gasteiger partial charge in [0.05, 0.1) is 30.2 Å². The third-order valence-electron chi connectivity index (χ3n) is 4.94. The zero-order chi connectivity index (χ0) is 24.7. The van der Waals surface area contributed by atoms with Gasteiger partial charge in [0.1, 0.15) is 5.82 Å². The first-order valence-corrected chi connectivity index (χ1v) is 10.7. The van der Waals surface area contributed by atoms with Crippen molar-refractivity contribution in [3.05, 3.63) is 84.0 Å². The van der Waals surface area contributed by atoms with Crippen molar-refractivity contribution in [2.75, 3.05) is 13.1 Å². The Bertz CT molecular complexity index is 1130. The molecule has 1 aromatic carbocycles. The smallest absolute Gasteiger partial charge is 0.265 e. The molecule has 0 fully saturated rings. The summed E-state index contributed by atoms with van der Waals surface area (Å²) < 4.78 is 50.5. The second-order valence-corrected chi connectivity index (χ2v) is 7.76. The zero-order valence-corrected chi connectivity index (χ0v) is 19.0. The number of aliphatic imine (C=N–C) groups is 3. The summed E-state index contributed by atoms with van der Waals surface area (Å²) in [5, 5.41) is 6.32. The fourth-order valence-corrected chi connectivity index (χ4v) is 3.12. The van der Waals surface area contributed by atoms with E-state index in [0.717, 1.165) is 11.3 Å². The summed E-state index contributed by atoms with van der Waals surface area (Å²) in [5.74, 6) is 0.213. The number of hydrogen-bond donors (Lipinski definition) is 0. The quantitative estimate of drug-likeness (QED) is 0.259. The Labute approximate surface area is 196 Å². The van der Waals surface area contributed by atoms with Crippen molar-refractivity contribution < 1.29 is 17.6 Å². The van der Waals surface area contributed by atoms with Crippen molar-refractivity contribution in [3.8, 4) is 0 Å². The van der Waals surface area contributed by atoms with Crippen LogP contribution in [-0.2, 0) is 0 Å². The monoisotopic (exact) mass is 471 g/mol. The Hall–Kier alpha value is -3.62. The molecular weight excluding hydrogens is 446 g/mol. The molecule has 0 saturated carbocycles. The van der Waals surface area contributed by atoms with Crippen LogP contribution in [0.15, 0.2) is 92.7 Å². The van der Waals surface area contributed by atoms with Crippen LogP contribution in [0.5, 0.6) is 0 Å². The van der Waals surface area contributed by atoms with Crippen LogP contribution in [0.1, 0.15) is 32.3 Å². The van der Waals surface area contributed by atoms with E-state index in [1.165, 1.54) is 18.3 Å². The molecule has 5 nitrogen and oxygen atoms in total. The number of hydrazone groups is 1. The Morgan fingerprint density at radius 1 is 1.21 bits per heavy atom. The maximum Gasteiger partial charge on any atom is 0.389 e. The SMILES string of the molecule is C=C1C=CC(C(/C=C\C)=C/N=C(\C)CCC(F)(F)F)=NN1CC1=NC(c2ccc(F)cc2)=NC1. The molecule has 0 atom stereocenters. The minimum absolute atomic E-state index is 0.162. The molecule has 1 aromatic rings. The number of allylic oxidation sites excluding steroid dienone is 5. The fraction of sp³-hybridized carbons (Fsp3) is 0.280. The van der Waals surface area contributed by atoms with Gasteiger partial charge in [0.2, 0.25) is 0 Å². The van der Waals surface area contributed by atoms with E-state index in [1.807, 2.05) is 6.92 Å². The van der Waals surface area contributed by atoms with Crippen molar-refractivity contribution in [3.63, 3.8) is 0 Å². The van der Waals surface area contributed by atoms with Gasteiger partial charge in [0.25, 0.3) is 0 Å². The minimum atomic E-state index is -4.22. The van der Waals surface area contributed by atoms with Crippen LogP contribution >= 0.6 is 0 Å². The minimum Gasteiger partial charge on any atom is -0.265 e. The van der Waals surface area contributed by atoms with Crippen molar-refractivity contribution in [1.29, 1.82) is 0 Å². The number of hydrogen-bond acceptors (Lipinski definition) is 5. The molecule has 0 amide bonds. The first-order chi connectivity index (χ1) is 16.1. The summed E-state index contributed by atoms with van der Waals surface area (Å²) in [6, 6.07) is 5.99. The highest BCUT2D eigenvalue weighted by Gasteiger charge is 2.26. The number of halogens is 4. The molecule has 0 bridgehead atoms. The number of alkyl halides is 3. The third-order valence-corrected chi connectivity index (χ3v) is 4.94. The van der Waals surface area contributed by atoms with Gasteiger partial charge in [0, 0.05) is 29.5 Å². The molecule has 3 rings (SSSR count). The summed E-state index contributed by atoms with van der Waals surface area (Å²) >= 11 is 0. The summed E-state index contributed by atoms with van der Waals surface area (Å²) in [5.41, 5.74) is 3.79. The Balaban J connectivity index is 1.74. The van der Waals surface area contributed by atoms with Crippen molar-refractivity contribution >= 4 is 23.0 Å². The highest BCUT2D eigenvalue weighted by molar-refractivity contribution is 6.13. The van der Waals surface area contributed by atoms with Crippen LogP contribution in [0, 0.1) is 5.82 Å². The molecule has 0 N–H and O–H groups in total. The van der Waals surface area contributed by atoms with Gasteiger partial charge in [-0.15, -0.1) is 0 Å². The first kappa shape index (κ1) is 25.0. The molecule has 2 heterocycles. The van der Waals surface area contributed by atoms with Gasteiger partial charge in [-0.05, 0) is 56.7 Å². The van der Waals surface area contributed by atoms with E-state index in [9.17, 15) is 17.6 Å². The molecular formula is C25H25F4N5. The van der Waals surface area contributed by atoms with Gasteiger partial charge in [-0.3, -0.25) is 15.0 Å². The number of nitrogens with zero attached hydrogens (tertiary/aromatic N) is 5. The second-order valence-electron chi connectivity index (χ2n) is 7.76. The van der Waals surface area contributed by atoms with Crippen LogP contribution in [0.4, 0.5) is 17.6 Å². The Morgan fingerprint density at radius 3 is 2.62 bits per heavy atom. The summed E-state index contributed by atoms with van der Waals surface area (Å²) in [6.07, 6.45) is 3.41. The number of amidine groups is 1. The molecule has 9 heteroatoms. The van der Waals surface area contributed by atoms with Crippen molar-refractivity contribution in [2.45, 2.75) is 32.9 Å². The third kappa shape index (κ3) is 7.19. The number of rotatable bonds is 8. The standard InChI is InChI=1S/C25H25F4N5/c1-4-5-20(14-30-17(2)12-13-25(27,28)29)23-11-6-18(3)34(33-23)16-22-15-31-24(32-22)19-7-9-21(26)10-8-19/h4-11,14H,3,12-13,15-16H2,1-2H3/b5-4-,20-14+,30-17+. The van der Waals surface area contributed by atoms with E-state index in [1.54, 1.807) is 48.4 Å².